The molecule has 2 aliphatic rings. The van der Waals surface area contributed by atoms with E-state index in [1.807, 2.05) is 36.1 Å². The van der Waals surface area contributed by atoms with Crippen LogP contribution in [0.5, 0.6) is 0 Å². The normalized spacial score (nSPS) is 21.7. The van der Waals surface area contributed by atoms with Gasteiger partial charge in [-0.25, -0.2) is 4.98 Å². The summed E-state index contributed by atoms with van der Waals surface area (Å²) in [4.78, 5) is 32.2. The minimum absolute atomic E-state index is 0.0386. The summed E-state index contributed by atoms with van der Waals surface area (Å²) in [7, 11) is 0. The lowest BCUT2D eigenvalue weighted by Crippen LogP contribution is -2.46. The van der Waals surface area contributed by atoms with Gasteiger partial charge >= 0.3 is 0 Å². The Morgan fingerprint density at radius 1 is 1.11 bits per heavy atom. The largest absolute Gasteiger partial charge is 0.341 e. The average Bonchev–Trinajstić information content (AvgIpc) is 2.74. The maximum atomic E-state index is 13.3. The molecule has 1 aliphatic carbocycles. The van der Waals surface area contributed by atoms with Crippen molar-refractivity contribution >= 4 is 17.6 Å². The molecule has 2 atom stereocenters. The SMILES string of the molecule is Cc1cccnc1NC(=O)[C@@H]1CCCN(C(=O)[C@@H]2CCCc3ccccc32)C1. The molecule has 0 saturated carbocycles. The molecule has 5 heteroatoms. The number of hydrogen-bond donors (Lipinski definition) is 1. The minimum atomic E-state index is -0.182. The highest BCUT2D eigenvalue weighted by atomic mass is 16.2. The van der Waals surface area contributed by atoms with Gasteiger partial charge in [-0.05, 0) is 61.8 Å². The molecule has 2 heterocycles. The summed E-state index contributed by atoms with van der Waals surface area (Å²) in [5.41, 5.74) is 3.41. The van der Waals surface area contributed by atoms with Gasteiger partial charge in [0.15, 0.2) is 0 Å². The number of benzene rings is 1. The molecular weight excluding hydrogens is 350 g/mol. The van der Waals surface area contributed by atoms with Gasteiger partial charge in [0.25, 0.3) is 0 Å². The summed E-state index contributed by atoms with van der Waals surface area (Å²) in [6.45, 7) is 3.17. The van der Waals surface area contributed by atoms with Crippen molar-refractivity contribution in [2.45, 2.75) is 44.9 Å². The molecule has 1 saturated heterocycles. The van der Waals surface area contributed by atoms with Gasteiger partial charge in [-0.1, -0.05) is 30.3 Å². The molecule has 0 spiro atoms. The maximum Gasteiger partial charge on any atom is 0.230 e. The van der Waals surface area contributed by atoms with E-state index in [1.165, 1.54) is 11.1 Å². The first kappa shape index (κ1) is 18.7. The number of nitrogens with zero attached hydrogens (tertiary/aromatic N) is 2. The highest BCUT2D eigenvalue weighted by Gasteiger charge is 2.34. The van der Waals surface area contributed by atoms with Gasteiger partial charge in [0.2, 0.25) is 11.8 Å². The van der Waals surface area contributed by atoms with Crippen LogP contribution in [0.1, 0.15) is 48.3 Å². The van der Waals surface area contributed by atoms with E-state index in [0.29, 0.717) is 12.4 Å². The number of nitrogens with one attached hydrogen (secondary N) is 1. The Bertz CT molecular complexity index is 880. The van der Waals surface area contributed by atoms with Crippen molar-refractivity contribution in [2.24, 2.45) is 5.92 Å². The lowest BCUT2D eigenvalue weighted by molar-refractivity contribution is -0.136. The van der Waals surface area contributed by atoms with Crippen molar-refractivity contribution in [1.29, 1.82) is 0 Å². The van der Waals surface area contributed by atoms with E-state index < -0.39 is 0 Å². The number of fused-ring (bicyclic) bond motifs is 1. The summed E-state index contributed by atoms with van der Waals surface area (Å²) in [5.74, 6) is 0.502. The molecular formula is C23H27N3O2. The third-order valence-electron chi connectivity index (χ3n) is 6.02. The van der Waals surface area contributed by atoms with Gasteiger partial charge in [-0.2, -0.15) is 0 Å². The molecule has 1 fully saturated rings. The Balaban J connectivity index is 1.45. The van der Waals surface area contributed by atoms with Crippen LogP contribution in [0.4, 0.5) is 5.82 Å². The van der Waals surface area contributed by atoms with Crippen LogP contribution in [0.3, 0.4) is 0 Å². The summed E-state index contributed by atoms with van der Waals surface area (Å²) < 4.78 is 0. The predicted molar refractivity (Wildman–Crippen MR) is 109 cm³/mol. The van der Waals surface area contributed by atoms with Crippen molar-refractivity contribution in [3.63, 3.8) is 0 Å². The van der Waals surface area contributed by atoms with Crippen molar-refractivity contribution in [2.75, 3.05) is 18.4 Å². The Kier molecular flexibility index (Phi) is 5.42. The molecule has 0 bridgehead atoms. The smallest absolute Gasteiger partial charge is 0.230 e. The van der Waals surface area contributed by atoms with Crippen LogP contribution in [-0.4, -0.2) is 34.8 Å². The van der Waals surface area contributed by atoms with E-state index in [-0.39, 0.29) is 23.7 Å². The topological polar surface area (TPSA) is 62.3 Å². The second-order valence-electron chi connectivity index (χ2n) is 7.93. The van der Waals surface area contributed by atoms with Crippen molar-refractivity contribution < 1.29 is 9.59 Å². The first-order chi connectivity index (χ1) is 13.6. The highest BCUT2D eigenvalue weighted by molar-refractivity contribution is 5.93. The number of aromatic nitrogens is 1. The van der Waals surface area contributed by atoms with Gasteiger partial charge in [0, 0.05) is 19.3 Å². The maximum absolute atomic E-state index is 13.3. The minimum Gasteiger partial charge on any atom is -0.341 e. The zero-order valence-electron chi connectivity index (χ0n) is 16.4. The molecule has 5 nitrogen and oxygen atoms in total. The number of amides is 2. The Labute approximate surface area is 166 Å². The first-order valence-electron chi connectivity index (χ1n) is 10.2. The number of piperidine rings is 1. The van der Waals surface area contributed by atoms with Gasteiger partial charge in [0.05, 0.1) is 11.8 Å². The second kappa shape index (κ2) is 8.13. The zero-order valence-corrected chi connectivity index (χ0v) is 16.4. The molecule has 1 aliphatic heterocycles. The van der Waals surface area contributed by atoms with Gasteiger partial charge in [-0.3, -0.25) is 9.59 Å². The number of hydrogen-bond acceptors (Lipinski definition) is 3. The monoisotopic (exact) mass is 377 g/mol. The summed E-state index contributed by atoms with van der Waals surface area (Å²) in [6, 6.07) is 12.1. The van der Waals surface area contributed by atoms with E-state index in [0.717, 1.165) is 44.2 Å². The lowest BCUT2D eigenvalue weighted by atomic mass is 9.81. The fraction of sp³-hybridized carbons (Fsp3) is 0.435. The third kappa shape index (κ3) is 3.79. The van der Waals surface area contributed by atoms with Crippen LogP contribution >= 0.6 is 0 Å². The van der Waals surface area contributed by atoms with Crippen molar-refractivity contribution in [3.05, 3.63) is 59.3 Å². The van der Waals surface area contributed by atoms with Crippen LogP contribution in [0, 0.1) is 12.8 Å². The summed E-state index contributed by atoms with van der Waals surface area (Å²) >= 11 is 0. The summed E-state index contributed by atoms with van der Waals surface area (Å²) in [6.07, 6.45) is 6.34. The van der Waals surface area contributed by atoms with Gasteiger partial charge in [0.1, 0.15) is 5.82 Å². The Morgan fingerprint density at radius 3 is 2.82 bits per heavy atom. The number of rotatable bonds is 3. The first-order valence-corrected chi connectivity index (χ1v) is 10.2. The van der Waals surface area contributed by atoms with Crippen LogP contribution in [0.15, 0.2) is 42.6 Å². The molecule has 1 N–H and O–H groups in total. The summed E-state index contributed by atoms with van der Waals surface area (Å²) in [5, 5.41) is 2.95. The number of anilines is 1. The highest BCUT2D eigenvalue weighted by Crippen LogP contribution is 2.34. The number of carbonyl (C=O) groups is 2. The second-order valence-corrected chi connectivity index (χ2v) is 7.93. The number of pyridine rings is 1. The number of aryl methyl sites for hydroxylation is 2. The quantitative estimate of drug-likeness (QED) is 0.887. The van der Waals surface area contributed by atoms with Crippen LogP contribution in [0.2, 0.25) is 0 Å². The van der Waals surface area contributed by atoms with E-state index in [2.05, 4.69) is 22.4 Å². The standard InChI is InChI=1S/C23H27N3O2/c1-16-7-5-13-24-21(16)25-22(27)18-10-6-14-26(15-18)23(28)20-12-4-9-17-8-2-3-11-19(17)20/h2-3,5,7-8,11,13,18,20H,4,6,9-10,12,14-15H2,1H3,(H,24,25,27)/t18-,20-/m1/s1. The molecule has 1 aromatic heterocycles. The molecule has 2 amide bonds. The fourth-order valence-electron chi connectivity index (χ4n) is 4.46. The number of carbonyl (C=O) groups excluding carboxylic acids is 2. The van der Waals surface area contributed by atoms with Crippen LogP contribution in [0.25, 0.3) is 0 Å². The molecule has 0 unspecified atom stereocenters. The zero-order chi connectivity index (χ0) is 19.5. The third-order valence-corrected chi connectivity index (χ3v) is 6.02. The molecule has 2 aromatic rings. The molecule has 146 valence electrons. The molecule has 28 heavy (non-hydrogen) atoms. The van der Waals surface area contributed by atoms with E-state index >= 15 is 0 Å². The lowest BCUT2D eigenvalue weighted by Gasteiger charge is -2.36. The van der Waals surface area contributed by atoms with Crippen LogP contribution < -0.4 is 5.32 Å². The van der Waals surface area contributed by atoms with Crippen molar-refractivity contribution in [1.82, 2.24) is 9.88 Å². The Morgan fingerprint density at radius 2 is 1.96 bits per heavy atom. The van der Waals surface area contributed by atoms with Crippen molar-refractivity contribution in [3.8, 4) is 0 Å². The molecule has 1 aromatic carbocycles. The van der Waals surface area contributed by atoms with Gasteiger partial charge < -0.3 is 10.2 Å². The van der Waals surface area contributed by atoms with E-state index in [1.54, 1.807) is 6.20 Å². The van der Waals surface area contributed by atoms with Gasteiger partial charge in [-0.15, -0.1) is 0 Å². The predicted octanol–water partition coefficient (Wildman–Crippen LogP) is 3.69. The fourth-order valence-corrected chi connectivity index (χ4v) is 4.46. The Hall–Kier alpha value is -2.69. The van der Waals surface area contributed by atoms with E-state index in [9.17, 15) is 9.59 Å². The molecule has 4 rings (SSSR count). The average molecular weight is 377 g/mol. The van der Waals surface area contributed by atoms with E-state index in [4.69, 9.17) is 0 Å². The number of likely N-dealkylation sites (tertiary alicyclic amines) is 1. The van der Waals surface area contributed by atoms with Crippen LogP contribution in [-0.2, 0) is 16.0 Å². The molecule has 0 radical (unpaired) electrons.